The molecule has 0 spiro atoms. The molecule has 2 aromatic heterocycles. The number of rotatable bonds is 8. The summed E-state index contributed by atoms with van der Waals surface area (Å²) >= 11 is 0. The molecule has 0 saturated carbocycles. The van der Waals surface area contributed by atoms with Gasteiger partial charge in [0.05, 0.1) is 12.3 Å². The Morgan fingerprint density at radius 1 is 1.19 bits per heavy atom. The Morgan fingerprint density at radius 3 is 2.69 bits per heavy atom. The van der Waals surface area contributed by atoms with Crippen LogP contribution in [0, 0.1) is 13.8 Å². The number of H-pyrrole nitrogens is 1. The van der Waals surface area contributed by atoms with Crippen molar-refractivity contribution in [1.29, 1.82) is 0 Å². The summed E-state index contributed by atoms with van der Waals surface area (Å²) in [7, 11) is 0. The number of ether oxygens (including phenoxy) is 2. The summed E-state index contributed by atoms with van der Waals surface area (Å²) in [5, 5.41) is 3.24. The molecule has 0 aliphatic rings. The van der Waals surface area contributed by atoms with E-state index in [9.17, 15) is 4.79 Å². The lowest BCUT2D eigenvalue weighted by atomic mass is 10.1. The van der Waals surface area contributed by atoms with E-state index in [0.717, 1.165) is 46.8 Å². The van der Waals surface area contributed by atoms with Crippen molar-refractivity contribution in [3.63, 3.8) is 0 Å². The van der Waals surface area contributed by atoms with E-state index in [2.05, 4.69) is 27.2 Å². The first-order valence-corrected chi connectivity index (χ1v) is 10.9. The van der Waals surface area contributed by atoms with Crippen molar-refractivity contribution in [2.45, 2.75) is 60.0 Å². The van der Waals surface area contributed by atoms with Crippen molar-refractivity contribution in [2.75, 3.05) is 11.9 Å². The van der Waals surface area contributed by atoms with Gasteiger partial charge in [-0.3, -0.25) is 0 Å². The fraction of sp³-hybridized carbons (Fsp3) is 0.400. The summed E-state index contributed by atoms with van der Waals surface area (Å²) in [6.07, 6.45) is 3.81. The molecule has 0 unspecified atom stereocenters. The number of unbranched alkanes of at least 4 members (excludes halogenated alkanes) is 1. The number of nitrogens with one attached hydrogen (secondary N) is 2. The molecule has 0 aliphatic carbocycles. The highest BCUT2D eigenvalue weighted by Gasteiger charge is 2.24. The second kappa shape index (κ2) is 9.85. The van der Waals surface area contributed by atoms with Crippen LogP contribution in [0.15, 0.2) is 36.5 Å². The highest BCUT2D eigenvalue weighted by molar-refractivity contribution is 5.92. The van der Waals surface area contributed by atoms with Crippen LogP contribution < -0.4 is 10.1 Å². The number of carbonyl (C=O) groups excluding carboxylic acids is 1. The van der Waals surface area contributed by atoms with Crippen molar-refractivity contribution in [3.8, 4) is 17.0 Å². The van der Waals surface area contributed by atoms with E-state index in [1.165, 1.54) is 0 Å². The zero-order valence-electron chi connectivity index (χ0n) is 19.7. The second-order valence-corrected chi connectivity index (χ2v) is 8.75. The van der Waals surface area contributed by atoms with Crippen LogP contribution in [0.4, 0.5) is 11.6 Å². The summed E-state index contributed by atoms with van der Waals surface area (Å²) in [5.74, 6) is 0.891. The smallest absolute Gasteiger partial charge is 0.355 e. The number of nitrogens with zero attached hydrogens (tertiary/aromatic N) is 2. The molecule has 1 aromatic carbocycles. The monoisotopic (exact) mass is 436 g/mol. The summed E-state index contributed by atoms with van der Waals surface area (Å²) in [6, 6.07) is 9.57. The van der Waals surface area contributed by atoms with Gasteiger partial charge >= 0.3 is 5.97 Å². The van der Waals surface area contributed by atoms with Crippen molar-refractivity contribution in [3.05, 3.63) is 53.5 Å². The lowest BCUT2D eigenvalue weighted by Gasteiger charge is -2.19. The quantitative estimate of drug-likeness (QED) is 0.334. The Bertz CT molecular complexity index is 1080. The lowest BCUT2D eigenvalue weighted by molar-refractivity contribution is 0.00626. The third kappa shape index (κ3) is 5.87. The van der Waals surface area contributed by atoms with E-state index in [1.807, 2.05) is 65.0 Å². The molecule has 32 heavy (non-hydrogen) atoms. The average molecular weight is 437 g/mol. The van der Waals surface area contributed by atoms with Crippen LogP contribution in [0.5, 0.6) is 5.75 Å². The van der Waals surface area contributed by atoms with Gasteiger partial charge in [0, 0.05) is 29.2 Å². The first kappa shape index (κ1) is 23.3. The van der Waals surface area contributed by atoms with E-state index in [1.54, 1.807) is 6.20 Å². The van der Waals surface area contributed by atoms with Gasteiger partial charge in [0.15, 0.2) is 0 Å². The maximum atomic E-state index is 12.6. The zero-order chi connectivity index (χ0) is 23.3. The minimum Gasteiger partial charge on any atom is -0.494 e. The summed E-state index contributed by atoms with van der Waals surface area (Å²) in [4.78, 5) is 24.8. The minimum absolute atomic E-state index is 0.378. The normalized spacial score (nSPS) is 11.3. The number of aromatic amines is 1. The summed E-state index contributed by atoms with van der Waals surface area (Å²) in [5.41, 5.74) is 3.95. The molecule has 7 nitrogen and oxygen atoms in total. The van der Waals surface area contributed by atoms with Gasteiger partial charge in [-0.2, -0.15) is 0 Å². The van der Waals surface area contributed by atoms with Crippen LogP contribution in [0.3, 0.4) is 0 Å². The zero-order valence-corrected chi connectivity index (χ0v) is 19.7. The van der Waals surface area contributed by atoms with Crippen LogP contribution >= 0.6 is 0 Å². The van der Waals surface area contributed by atoms with Gasteiger partial charge in [0.2, 0.25) is 5.95 Å². The molecule has 7 heteroatoms. The maximum absolute atomic E-state index is 12.6. The Morgan fingerprint density at radius 2 is 1.97 bits per heavy atom. The molecule has 0 amide bonds. The van der Waals surface area contributed by atoms with Gasteiger partial charge in [0.1, 0.15) is 17.0 Å². The Labute approximate surface area is 189 Å². The fourth-order valence-corrected chi connectivity index (χ4v) is 3.35. The van der Waals surface area contributed by atoms with Gasteiger partial charge < -0.3 is 19.8 Å². The SMILES string of the molecule is CCCCOc1cccc(Nc2nccc(-c3c(C)[nH]c(C(=O)OC(C)(C)C)c3C)n2)c1. The lowest BCUT2D eigenvalue weighted by Crippen LogP contribution is -2.24. The number of benzene rings is 1. The number of aromatic nitrogens is 3. The molecule has 0 bridgehead atoms. The maximum Gasteiger partial charge on any atom is 0.355 e. The molecule has 0 aliphatic heterocycles. The molecule has 0 atom stereocenters. The molecular formula is C25H32N4O3. The van der Waals surface area contributed by atoms with E-state index in [0.29, 0.717) is 18.2 Å². The molecular weight excluding hydrogens is 404 g/mol. The van der Waals surface area contributed by atoms with Gasteiger partial charge in [-0.1, -0.05) is 19.4 Å². The number of esters is 1. The predicted molar refractivity (Wildman–Crippen MR) is 127 cm³/mol. The molecule has 3 aromatic rings. The largest absolute Gasteiger partial charge is 0.494 e. The first-order valence-electron chi connectivity index (χ1n) is 10.9. The van der Waals surface area contributed by atoms with Crippen molar-refractivity contribution in [1.82, 2.24) is 15.0 Å². The predicted octanol–water partition coefficient (Wildman–Crippen LogP) is 5.97. The molecule has 2 heterocycles. The van der Waals surface area contributed by atoms with E-state index < -0.39 is 5.60 Å². The highest BCUT2D eigenvalue weighted by Crippen LogP contribution is 2.30. The topological polar surface area (TPSA) is 89.1 Å². The van der Waals surface area contributed by atoms with Gasteiger partial charge in [-0.25, -0.2) is 14.8 Å². The number of hydrogen-bond donors (Lipinski definition) is 2. The molecule has 2 N–H and O–H groups in total. The highest BCUT2D eigenvalue weighted by atomic mass is 16.6. The first-order chi connectivity index (χ1) is 15.2. The summed E-state index contributed by atoms with van der Waals surface area (Å²) < 4.78 is 11.3. The molecule has 0 saturated heterocycles. The summed E-state index contributed by atoms with van der Waals surface area (Å²) in [6.45, 7) is 12.2. The van der Waals surface area contributed by atoms with Gasteiger partial charge in [-0.15, -0.1) is 0 Å². The van der Waals surface area contributed by atoms with Gasteiger partial charge in [-0.05, 0) is 64.8 Å². The van der Waals surface area contributed by atoms with Crippen molar-refractivity contribution < 1.29 is 14.3 Å². The standard InChI is InChI=1S/C25H32N4O3/c1-7-8-14-31-19-11-9-10-18(15-19)28-24-26-13-12-20(29-24)21-16(2)22(27-17(21)3)23(30)32-25(4,5)6/h9-13,15,27H,7-8,14H2,1-6H3,(H,26,28,29). The number of carbonyl (C=O) groups is 1. The molecule has 0 radical (unpaired) electrons. The van der Waals surface area contributed by atoms with Crippen LogP contribution in [0.1, 0.15) is 62.3 Å². The Kier molecular flexibility index (Phi) is 7.18. The van der Waals surface area contributed by atoms with E-state index in [4.69, 9.17) is 9.47 Å². The van der Waals surface area contributed by atoms with E-state index >= 15 is 0 Å². The van der Waals surface area contributed by atoms with Crippen LogP contribution in [-0.4, -0.2) is 33.1 Å². The van der Waals surface area contributed by atoms with E-state index in [-0.39, 0.29) is 5.97 Å². The third-order valence-corrected chi connectivity index (χ3v) is 4.81. The minimum atomic E-state index is -0.566. The van der Waals surface area contributed by atoms with Crippen LogP contribution in [0.2, 0.25) is 0 Å². The average Bonchev–Trinajstić information content (AvgIpc) is 3.02. The third-order valence-electron chi connectivity index (χ3n) is 4.81. The Hall–Kier alpha value is -3.35. The molecule has 0 fully saturated rings. The molecule has 170 valence electrons. The van der Waals surface area contributed by atoms with Gasteiger partial charge in [0.25, 0.3) is 0 Å². The van der Waals surface area contributed by atoms with Crippen molar-refractivity contribution in [2.24, 2.45) is 0 Å². The fourth-order valence-electron chi connectivity index (χ4n) is 3.35. The van der Waals surface area contributed by atoms with Crippen LogP contribution in [0.25, 0.3) is 11.3 Å². The Balaban J connectivity index is 1.83. The number of anilines is 2. The molecule has 3 rings (SSSR count). The second-order valence-electron chi connectivity index (χ2n) is 8.75. The number of hydrogen-bond acceptors (Lipinski definition) is 6. The number of aryl methyl sites for hydroxylation is 1. The van der Waals surface area contributed by atoms with Crippen molar-refractivity contribution >= 4 is 17.6 Å². The van der Waals surface area contributed by atoms with Crippen LogP contribution in [-0.2, 0) is 4.74 Å².